The summed E-state index contributed by atoms with van der Waals surface area (Å²) in [4.78, 5) is 14.3. The molecule has 1 fully saturated rings. The predicted octanol–water partition coefficient (Wildman–Crippen LogP) is 2.69. The van der Waals surface area contributed by atoms with Crippen molar-refractivity contribution in [3.8, 4) is 0 Å². The molecule has 0 spiro atoms. The first-order valence-electron chi connectivity index (χ1n) is 6.89. The summed E-state index contributed by atoms with van der Waals surface area (Å²) in [6.45, 7) is 4.92. The zero-order valence-corrected chi connectivity index (χ0v) is 13.0. The minimum absolute atomic E-state index is 0. The monoisotopic (exact) mass is 318 g/mol. The van der Waals surface area contributed by atoms with Crippen LogP contribution in [-0.2, 0) is 4.79 Å². The topological polar surface area (TPSA) is 46.3 Å². The predicted molar refractivity (Wildman–Crippen MR) is 80.4 cm³/mol. The zero-order valence-electron chi connectivity index (χ0n) is 12.2. The second-order valence-electron chi connectivity index (χ2n) is 5.57. The lowest BCUT2D eigenvalue weighted by molar-refractivity contribution is -0.133. The van der Waals surface area contributed by atoms with Gasteiger partial charge < -0.3 is 10.6 Å². The summed E-state index contributed by atoms with van der Waals surface area (Å²) in [6, 6.07) is 3.76. The Bertz CT molecular complexity index is 512. The molecular weight excluding hydrogens is 298 g/mol. The highest BCUT2D eigenvalue weighted by molar-refractivity contribution is 5.85. The second-order valence-corrected chi connectivity index (χ2v) is 5.57. The van der Waals surface area contributed by atoms with E-state index >= 15 is 0 Å². The molecule has 3 unspecified atom stereocenters. The van der Waals surface area contributed by atoms with Gasteiger partial charge in [-0.1, -0.05) is 6.07 Å². The molecule has 0 bridgehead atoms. The van der Waals surface area contributed by atoms with Crippen LogP contribution in [-0.4, -0.2) is 29.9 Å². The lowest BCUT2D eigenvalue weighted by Gasteiger charge is -2.25. The molecule has 1 aliphatic rings. The number of rotatable bonds is 3. The van der Waals surface area contributed by atoms with E-state index in [2.05, 4.69) is 0 Å². The third-order valence-electron chi connectivity index (χ3n) is 4.09. The first-order chi connectivity index (χ1) is 9.43. The molecule has 1 aromatic rings. The van der Waals surface area contributed by atoms with Gasteiger partial charge in [0, 0.05) is 12.6 Å². The summed E-state index contributed by atoms with van der Waals surface area (Å²) in [5.41, 5.74) is 6.15. The Hall–Kier alpha value is -1.20. The quantitative estimate of drug-likeness (QED) is 0.931. The second kappa shape index (κ2) is 7.18. The normalized spacial score (nSPS) is 22.8. The maximum absolute atomic E-state index is 13.3. The SMILES string of the molecule is CC(C(=O)N1CC(CN)CC1C)c1ccc(F)c(F)c1.Cl. The number of halogens is 3. The van der Waals surface area contributed by atoms with E-state index in [9.17, 15) is 13.6 Å². The molecule has 1 heterocycles. The highest BCUT2D eigenvalue weighted by Crippen LogP contribution is 2.27. The van der Waals surface area contributed by atoms with Gasteiger partial charge >= 0.3 is 0 Å². The average molecular weight is 319 g/mol. The van der Waals surface area contributed by atoms with Crippen LogP contribution in [0.1, 0.15) is 31.7 Å². The Morgan fingerprint density at radius 3 is 2.62 bits per heavy atom. The number of hydrogen-bond acceptors (Lipinski definition) is 2. The molecule has 21 heavy (non-hydrogen) atoms. The minimum atomic E-state index is -0.920. The Labute approximate surface area is 129 Å². The number of amides is 1. The number of likely N-dealkylation sites (tertiary alicyclic amines) is 1. The molecule has 1 aliphatic heterocycles. The first kappa shape index (κ1) is 17.9. The zero-order chi connectivity index (χ0) is 14.9. The molecule has 1 amide bonds. The van der Waals surface area contributed by atoms with Crippen molar-refractivity contribution in [3.63, 3.8) is 0 Å². The van der Waals surface area contributed by atoms with Gasteiger partial charge in [-0.05, 0) is 50.4 Å². The van der Waals surface area contributed by atoms with E-state index in [1.807, 2.05) is 6.92 Å². The molecular formula is C15H21ClF2N2O. The molecule has 118 valence electrons. The summed E-state index contributed by atoms with van der Waals surface area (Å²) in [7, 11) is 0. The molecule has 1 aromatic carbocycles. The van der Waals surface area contributed by atoms with Gasteiger partial charge in [0.05, 0.1) is 5.92 Å². The van der Waals surface area contributed by atoms with E-state index in [0.29, 0.717) is 24.6 Å². The molecule has 0 saturated carbocycles. The Kier molecular flexibility index (Phi) is 6.10. The molecule has 2 N–H and O–H groups in total. The van der Waals surface area contributed by atoms with Gasteiger partial charge in [0.2, 0.25) is 5.91 Å². The van der Waals surface area contributed by atoms with Crippen molar-refractivity contribution in [1.29, 1.82) is 0 Å². The van der Waals surface area contributed by atoms with Crippen LogP contribution in [0.25, 0.3) is 0 Å². The number of hydrogen-bond donors (Lipinski definition) is 1. The smallest absolute Gasteiger partial charge is 0.230 e. The van der Waals surface area contributed by atoms with Gasteiger partial charge in [-0.2, -0.15) is 0 Å². The molecule has 0 aromatic heterocycles. The third kappa shape index (κ3) is 3.71. The van der Waals surface area contributed by atoms with Crippen molar-refractivity contribution in [2.24, 2.45) is 11.7 Å². The maximum Gasteiger partial charge on any atom is 0.230 e. The fourth-order valence-electron chi connectivity index (χ4n) is 2.79. The van der Waals surface area contributed by atoms with Gasteiger partial charge in [-0.3, -0.25) is 4.79 Å². The summed E-state index contributed by atoms with van der Waals surface area (Å²) in [5.74, 6) is -2.03. The molecule has 6 heteroatoms. The molecule has 1 saturated heterocycles. The molecule has 2 rings (SSSR count). The molecule has 0 radical (unpaired) electrons. The van der Waals surface area contributed by atoms with Gasteiger partial charge in [-0.25, -0.2) is 8.78 Å². The summed E-state index contributed by atoms with van der Waals surface area (Å²) >= 11 is 0. The van der Waals surface area contributed by atoms with Crippen molar-refractivity contribution >= 4 is 18.3 Å². The van der Waals surface area contributed by atoms with E-state index in [4.69, 9.17) is 5.73 Å². The van der Waals surface area contributed by atoms with Gasteiger partial charge in [0.15, 0.2) is 11.6 Å². The van der Waals surface area contributed by atoms with Crippen LogP contribution in [0.5, 0.6) is 0 Å². The van der Waals surface area contributed by atoms with Crippen molar-refractivity contribution in [3.05, 3.63) is 35.4 Å². The van der Waals surface area contributed by atoms with Gasteiger partial charge in [0.25, 0.3) is 0 Å². The standard InChI is InChI=1S/C15H20F2N2O.ClH/c1-9-5-11(7-18)8-19(9)15(20)10(2)12-3-4-13(16)14(17)6-12;/h3-4,6,9-11H,5,7-8,18H2,1-2H3;1H. The summed E-state index contributed by atoms with van der Waals surface area (Å²) < 4.78 is 26.2. The molecule has 3 nitrogen and oxygen atoms in total. The van der Waals surface area contributed by atoms with Crippen LogP contribution in [0, 0.1) is 17.6 Å². The van der Waals surface area contributed by atoms with Gasteiger partial charge in [-0.15, -0.1) is 12.4 Å². The molecule has 0 aliphatic carbocycles. The number of benzene rings is 1. The van der Waals surface area contributed by atoms with Crippen LogP contribution in [0.3, 0.4) is 0 Å². The fourth-order valence-corrected chi connectivity index (χ4v) is 2.79. The Balaban J connectivity index is 0.00000220. The number of carbonyl (C=O) groups is 1. The summed E-state index contributed by atoms with van der Waals surface area (Å²) in [6.07, 6.45) is 0.896. The van der Waals surface area contributed by atoms with Crippen molar-refractivity contribution in [2.75, 3.05) is 13.1 Å². The fraction of sp³-hybridized carbons (Fsp3) is 0.533. The van der Waals surface area contributed by atoms with Crippen molar-refractivity contribution in [1.82, 2.24) is 4.90 Å². The van der Waals surface area contributed by atoms with Crippen LogP contribution in [0.15, 0.2) is 18.2 Å². The minimum Gasteiger partial charge on any atom is -0.339 e. The summed E-state index contributed by atoms with van der Waals surface area (Å²) in [5, 5.41) is 0. The Morgan fingerprint density at radius 1 is 1.43 bits per heavy atom. The largest absolute Gasteiger partial charge is 0.339 e. The first-order valence-corrected chi connectivity index (χ1v) is 6.89. The highest BCUT2D eigenvalue weighted by atomic mass is 35.5. The van der Waals surface area contributed by atoms with E-state index in [1.165, 1.54) is 6.07 Å². The van der Waals surface area contributed by atoms with E-state index in [0.717, 1.165) is 18.6 Å². The maximum atomic E-state index is 13.3. The van der Waals surface area contributed by atoms with E-state index in [1.54, 1.807) is 11.8 Å². The number of nitrogens with zero attached hydrogens (tertiary/aromatic N) is 1. The number of carbonyl (C=O) groups excluding carboxylic acids is 1. The van der Waals surface area contributed by atoms with Crippen molar-refractivity contribution < 1.29 is 13.6 Å². The third-order valence-corrected chi connectivity index (χ3v) is 4.09. The highest BCUT2D eigenvalue weighted by Gasteiger charge is 2.34. The molecule has 3 atom stereocenters. The van der Waals surface area contributed by atoms with E-state index in [-0.39, 0.29) is 24.4 Å². The van der Waals surface area contributed by atoms with Crippen LogP contribution in [0.4, 0.5) is 8.78 Å². The van der Waals surface area contributed by atoms with Crippen LogP contribution >= 0.6 is 12.4 Å². The van der Waals surface area contributed by atoms with Crippen LogP contribution < -0.4 is 5.73 Å². The van der Waals surface area contributed by atoms with E-state index < -0.39 is 17.6 Å². The average Bonchev–Trinajstić information content (AvgIpc) is 2.81. The lowest BCUT2D eigenvalue weighted by Crippen LogP contribution is -2.37. The number of nitrogens with two attached hydrogens (primary N) is 1. The van der Waals surface area contributed by atoms with Gasteiger partial charge in [0.1, 0.15) is 0 Å². The van der Waals surface area contributed by atoms with Crippen molar-refractivity contribution in [2.45, 2.75) is 32.2 Å². The van der Waals surface area contributed by atoms with Crippen LogP contribution in [0.2, 0.25) is 0 Å². The lowest BCUT2D eigenvalue weighted by atomic mass is 9.99. The Morgan fingerprint density at radius 2 is 2.10 bits per heavy atom.